The molecule has 5 nitrogen and oxygen atoms in total. The van der Waals surface area contributed by atoms with E-state index in [-0.39, 0.29) is 16.8 Å². The summed E-state index contributed by atoms with van der Waals surface area (Å²) in [5.74, 6) is -2.45. The molecule has 0 aliphatic heterocycles. The lowest BCUT2D eigenvalue weighted by atomic mass is 10.1. The molecule has 7 heteroatoms. The van der Waals surface area contributed by atoms with E-state index < -0.39 is 17.8 Å². The van der Waals surface area contributed by atoms with Gasteiger partial charge in [-0.15, -0.1) is 0 Å². The van der Waals surface area contributed by atoms with Gasteiger partial charge in [0.25, 0.3) is 5.91 Å². The summed E-state index contributed by atoms with van der Waals surface area (Å²) in [6.07, 6.45) is 1.07. The maximum Gasteiger partial charge on any atom is 0.337 e. The molecule has 1 aromatic carbocycles. The maximum absolute atomic E-state index is 12.7. The Kier molecular flexibility index (Phi) is 4.09. The van der Waals surface area contributed by atoms with Crippen LogP contribution in [0, 0.1) is 5.95 Å². The lowest BCUT2D eigenvalue weighted by Crippen LogP contribution is -2.15. The van der Waals surface area contributed by atoms with Gasteiger partial charge in [0.05, 0.1) is 16.8 Å². The Morgan fingerprint density at radius 2 is 2.00 bits per heavy atom. The molecule has 1 amide bonds. The fraction of sp³-hybridized carbons (Fsp3) is 0. The second kappa shape index (κ2) is 5.79. The van der Waals surface area contributed by atoms with E-state index in [9.17, 15) is 14.0 Å². The number of benzene rings is 1. The monoisotopic (exact) mass is 338 g/mol. The minimum atomic E-state index is -1.17. The molecule has 0 saturated heterocycles. The van der Waals surface area contributed by atoms with E-state index in [1.54, 1.807) is 12.1 Å². The van der Waals surface area contributed by atoms with Crippen molar-refractivity contribution in [1.82, 2.24) is 4.98 Å². The highest BCUT2D eigenvalue weighted by Gasteiger charge is 2.16. The molecule has 1 heterocycles. The number of aromatic carboxylic acids is 1. The SMILES string of the molecule is O=C(Nc1c(Br)cccc1C(=O)O)c1ccc(F)nc1. The molecule has 0 unspecified atom stereocenters. The molecule has 0 atom stereocenters. The van der Waals surface area contributed by atoms with Crippen LogP contribution in [-0.4, -0.2) is 22.0 Å². The van der Waals surface area contributed by atoms with Crippen LogP contribution in [0.1, 0.15) is 20.7 Å². The second-order valence-corrected chi connectivity index (χ2v) is 4.65. The number of para-hydroxylation sites is 1. The Morgan fingerprint density at radius 3 is 2.60 bits per heavy atom. The van der Waals surface area contributed by atoms with Crippen LogP contribution in [-0.2, 0) is 0 Å². The third-order valence-corrected chi connectivity index (χ3v) is 3.13. The number of nitrogens with one attached hydrogen (secondary N) is 1. The number of hydrogen-bond acceptors (Lipinski definition) is 3. The Balaban J connectivity index is 2.32. The van der Waals surface area contributed by atoms with Crippen molar-refractivity contribution in [2.24, 2.45) is 0 Å². The van der Waals surface area contributed by atoms with Crippen LogP contribution in [0.5, 0.6) is 0 Å². The van der Waals surface area contributed by atoms with E-state index in [1.807, 2.05) is 0 Å². The summed E-state index contributed by atoms with van der Waals surface area (Å²) in [5, 5.41) is 11.5. The van der Waals surface area contributed by atoms with Crippen LogP contribution in [0.25, 0.3) is 0 Å². The van der Waals surface area contributed by atoms with E-state index in [2.05, 4.69) is 26.2 Å². The van der Waals surface area contributed by atoms with Gasteiger partial charge in [-0.25, -0.2) is 9.78 Å². The van der Waals surface area contributed by atoms with E-state index in [1.165, 1.54) is 12.1 Å². The summed E-state index contributed by atoms with van der Waals surface area (Å²) in [6, 6.07) is 6.82. The van der Waals surface area contributed by atoms with Gasteiger partial charge in [-0.2, -0.15) is 4.39 Å². The molecule has 0 aliphatic rings. The highest BCUT2D eigenvalue weighted by molar-refractivity contribution is 9.10. The molecule has 20 heavy (non-hydrogen) atoms. The standard InChI is InChI=1S/C13H8BrFN2O3/c14-9-3-1-2-8(13(19)20)11(9)17-12(18)7-4-5-10(15)16-6-7/h1-6H,(H,17,18)(H,19,20). The average Bonchev–Trinajstić information content (AvgIpc) is 2.41. The number of anilines is 1. The molecule has 0 fully saturated rings. The van der Waals surface area contributed by atoms with Crippen LogP contribution in [0.15, 0.2) is 41.0 Å². The lowest BCUT2D eigenvalue weighted by Gasteiger charge is -2.10. The van der Waals surface area contributed by atoms with Crippen molar-refractivity contribution in [1.29, 1.82) is 0 Å². The smallest absolute Gasteiger partial charge is 0.337 e. The Bertz CT molecular complexity index is 674. The summed E-state index contributed by atoms with van der Waals surface area (Å²) in [6.45, 7) is 0. The number of hydrogen-bond donors (Lipinski definition) is 2. The summed E-state index contributed by atoms with van der Waals surface area (Å²) in [7, 11) is 0. The topological polar surface area (TPSA) is 79.3 Å². The first-order valence-electron chi connectivity index (χ1n) is 5.44. The average molecular weight is 339 g/mol. The van der Waals surface area contributed by atoms with Gasteiger partial charge in [-0.05, 0) is 40.2 Å². The summed E-state index contributed by atoms with van der Waals surface area (Å²) < 4.78 is 13.1. The van der Waals surface area contributed by atoms with Crippen molar-refractivity contribution in [3.8, 4) is 0 Å². The molecular weight excluding hydrogens is 331 g/mol. The first-order chi connectivity index (χ1) is 9.49. The summed E-state index contributed by atoms with van der Waals surface area (Å²) >= 11 is 3.17. The van der Waals surface area contributed by atoms with E-state index in [0.29, 0.717) is 4.47 Å². The number of pyridine rings is 1. The highest BCUT2D eigenvalue weighted by atomic mass is 79.9. The molecule has 2 aromatic rings. The fourth-order valence-electron chi connectivity index (χ4n) is 1.53. The largest absolute Gasteiger partial charge is 0.478 e. The lowest BCUT2D eigenvalue weighted by molar-refractivity contribution is 0.0698. The van der Waals surface area contributed by atoms with E-state index >= 15 is 0 Å². The van der Waals surface area contributed by atoms with Crippen molar-refractivity contribution in [3.63, 3.8) is 0 Å². The number of rotatable bonds is 3. The first-order valence-corrected chi connectivity index (χ1v) is 6.23. The fourth-order valence-corrected chi connectivity index (χ4v) is 1.99. The van der Waals surface area contributed by atoms with Crippen LogP contribution in [0.3, 0.4) is 0 Å². The van der Waals surface area contributed by atoms with Crippen molar-refractivity contribution in [3.05, 3.63) is 58.1 Å². The van der Waals surface area contributed by atoms with Crippen LogP contribution in [0.2, 0.25) is 0 Å². The van der Waals surface area contributed by atoms with E-state index in [0.717, 1.165) is 12.3 Å². The van der Waals surface area contributed by atoms with Gasteiger partial charge in [0.1, 0.15) is 0 Å². The molecule has 2 N–H and O–H groups in total. The van der Waals surface area contributed by atoms with Gasteiger partial charge in [-0.1, -0.05) is 6.07 Å². The summed E-state index contributed by atoms with van der Waals surface area (Å²) in [5.41, 5.74) is 0.204. The minimum Gasteiger partial charge on any atom is -0.478 e. The van der Waals surface area contributed by atoms with Crippen molar-refractivity contribution >= 4 is 33.5 Å². The molecule has 0 saturated carbocycles. The van der Waals surface area contributed by atoms with E-state index in [4.69, 9.17) is 5.11 Å². The third kappa shape index (κ3) is 3.00. The van der Waals surface area contributed by atoms with Crippen molar-refractivity contribution in [2.75, 3.05) is 5.32 Å². The van der Waals surface area contributed by atoms with Crippen molar-refractivity contribution in [2.45, 2.75) is 0 Å². The number of carbonyl (C=O) groups excluding carboxylic acids is 1. The van der Waals surface area contributed by atoms with Crippen LogP contribution in [0.4, 0.5) is 10.1 Å². The number of carboxylic acids is 1. The molecule has 102 valence electrons. The predicted octanol–water partition coefficient (Wildman–Crippen LogP) is 2.93. The maximum atomic E-state index is 12.7. The molecule has 0 radical (unpaired) electrons. The van der Waals surface area contributed by atoms with Gasteiger partial charge in [-0.3, -0.25) is 4.79 Å². The Labute approximate surface area is 121 Å². The normalized spacial score (nSPS) is 10.1. The zero-order chi connectivity index (χ0) is 14.7. The van der Waals surface area contributed by atoms with Gasteiger partial charge < -0.3 is 10.4 Å². The first kappa shape index (κ1) is 14.1. The van der Waals surface area contributed by atoms with Crippen LogP contribution >= 0.6 is 15.9 Å². The molecular formula is C13H8BrFN2O3. The second-order valence-electron chi connectivity index (χ2n) is 3.79. The number of carboxylic acid groups (broad SMARTS) is 1. The Morgan fingerprint density at radius 1 is 1.25 bits per heavy atom. The zero-order valence-corrected chi connectivity index (χ0v) is 11.5. The number of amides is 1. The molecule has 0 bridgehead atoms. The number of carbonyl (C=O) groups is 2. The van der Waals surface area contributed by atoms with Crippen molar-refractivity contribution < 1.29 is 19.1 Å². The quantitative estimate of drug-likeness (QED) is 0.843. The minimum absolute atomic E-state index is 0.0530. The number of nitrogens with zero attached hydrogens (tertiary/aromatic N) is 1. The van der Waals surface area contributed by atoms with Gasteiger partial charge >= 0.3 is 5.97 Å². The van der Waals surface area contributed by atoms with Gasteiger partial charge in [0, 0.05) is 10.7 Å². The molecule has 1 aromatic heterocycles. The van der Waals surface area contributed by atoms with Gasteiger partial charge in [0.15, 0.2) is 0 Å². The molecule has 2 rings (SSSR count). The third-order valence-electron chi connectivity index (χ3n) is 2.47. The van der Waals surface area contributed by atoms with Crippen LogP contribution < -0.4 is 5.32 Å². The molecule has 0 spiro atoms. The summed E-state index contributed by atoms with van der Waals surface area (Å²) in [4.78, 5) is 26.4. The number of aromatic nitrogens is 1. The predicted molar refractivity (Wildman–Crippen MR) is 73.2 cm³/mol. The molecule has 0 aliphatic carbocycles. The zero-order valence-electron chi connectivity index (χ0n) is 9.93. The van der Waals surface area contributed by atoms with Gasteiger partial charge in [0.2, 0.25) is 5.95 Å². The number of halogens is 2. The highest BCUT2D eigenvalue weighted by Crippen LogP contribution is 2.27. The Hall–Kier alpha value is -2.28.